The van der Waals surface area contributed by atoms with Crippen LogP contribution in [0.25, 0.3) is 6.08 Å². The molecule has 216 valence electrons. The van der Waals surface area contributed by atoms with Gasteiger partial charge in [0.1, 0.15) is 5.57 Å². The number of benzene rings is 3. The Labute approximate surface area is 256 Å². The fraction of sp³-hybridized carbons (Fsp3) is 0.111. The number of anilines is 2. The van der Waals surface area contributed by atoms with Crippen LogP contribution in [0.2, 0.25) is 10.0 Å². The third-order valence-electron chi connectivity index (χ3n) is 5.59. The lowest BCUT2D eigenvalue weighted by molar-refractivity contribution is -0.384. The van der Waals surface area contributed by atoms with Gasteiger partial charge in [0.25, 0.3) is 23.4 Å². The van der Waals surface area contributed by atoms with E-state index in [1.165, 1.54) is 48.5 Å². The van der Waals surface area contributed by atoms with Crippen LogP contribution >= 0.6 is 39.1 Å². The summed E-state index contributed by atoms with van der Waals surface area (Å²) in [5, 5.41) is 16.5. The van der Waals surface area contributed by atoms with Crippen molar-refractivity contribution in [1.29, 1.82) is 0 Å². The molecule has 0 radical (unpaired) electrons. The summed E-state index contributed by atoms with van der Waals surface area (Å²) >= 11 is 15.2. The van der Waals surface area contributed by atoms with Gasteiger partial charge in [0, 0.05) is 17.8 Å². The van der Waals surface area contributed by atoms with E-state index in [4.69, 9.17) is 32.7 Å². The smallest absolute Gasteiger partial charge is 0.335 e. The first-order valence-corrected chi connectivity index (χ1v) is 13.5. The number of amides is 5. The minimum Gasteiger partial charge on any atom is -0.490 e. The van der Waals surface area contributed by atoms with Crippen molar-refractivity contribution >= 4 is 86.0 Å². The standard InChI is InChI=1S/C27H19BrCl2N4O8/c1-2-41-22-10-14(9-19(28)24(22)42-13-23(35)31-15-6-7-20(29)21(30)11-15)8-18-25(36)32-27(38)33(26(18)37)16-4-3-5-17(12-16)34(39)40/h3-12H,2,13H2,1H3,(H,31,35)(H,32,36,38)/b18-8-. The molecule has 1 fully saturated rings. The third kappa shape index (κ3) is 6.87. The number of nitro benzene ring substituents is 1. The number of rotatable bonds is 9. The summed E-state index contributed by atoms with van der Waals surface area (Å²) in [7, 11) is 0. The van der Waals surface area contributed by atoms with Crippen LogP contribution < -0.4 is 25.0 Å². The average Bonchev–Trinajstić information content (AvgIpc) is 2.93. The van der Waals surface area contributed by atoms with Crippen LogP contribution in [-0.2, 0) is 14.4 Å². The Balaban J connectivity index is 1.59. The summed E-state index contributed by atoms with van der Waals surface area (Å²) in [6.45, 7) is 1.54. The van der Waals surface area contributed by atoms with Crippen molar-refractivity contribution in [2.45, 2.75) is 6.92 Å². The summed E-state index contributed by atoms with van der Waals surface area (Å²) in [6, 6.07) is 11.4. The number of carbonyl (C=O) groups is 4. The SMILES string of the molecule is CCOc1cc(/C=C2/C(=O)NC(=O)N(c3cccc([N+](=O)[O-])c3)C2=O)cc(Br)c1OCC(=O)Nc1ccc(Cl)c(Cl)c1. The largest absolute Gasteiger partial charge is 0.490 e. The maximum Gasteiger partial charge on any atom is 0.335 e. The van der Waals surface area contributed by atoms with Gasteiger partial charge in [0.2, 0.25) is 0 Å². The molecule has 5 amide bonds. The monoisotopic (exact) mass is 676 g/mol. The van der Waals surface area contributed by atoms with Gasteiger partial charge in [-0.2, -0.15) is 0 Å². The Morgan fingerprint density at radius 3 is 2.55 bits per heavy atom. The zero-order valence-corrected chi connectivity index (χ0v) is 24.6. The lowest BCUT2D eigenvalue weighted by Gasteiger charge is -2.26. The number of urea groups is 1. The van der Waals surface area contributed by atoms with E-state index < -0.39 is 40.9 Å². The van der Waals surface area contributed by atoms with Crippen LogP contribution in [0, 0.1) is 10.1 Å². The number of ether oxygens (including phenoxy) is 2. The summed E-state index contributed by atoms with van der Waals surface area (Å²) < 4.78 is 11.7. The van der Waals surface area contributed by atoms with Gasteiger partial charge in [0.05, 0.1) is 31.7 Å². The van der Waals surface area contributed by atoms with Crippen molar-refractivity contribution in [3.63, 3.8) is 0 Å². The lowest BCUT2D eigenvalue weighted by atomic mass is 10.1. The van der Waals surface area contributed by atoms with Crippen molar-refractivity contribution in [2.75, 3.05) is 23.4 Å². The number of hydrogen-bond donors (Lipinski definition) is 2. The molecule has 1 aliphatic rings. The van der Waals surface area contributed by atoms with Gasteiger partial charge >= 0.3 is 6.03 Å². The number of halogens is 3. The zero-order valence-electron chi connectivity index (χ0n) is 21.5. The lowest BCUT2D eigenvalue weighted by Crippen LogP contribution is -2.54. The molecule has 0 spiro atoms. The molecule has 0 aromatic heterocycles. The molecule has 3 aromatic rings. The van der Waals surface area contributed by atoms with Crippen LogP contribution in [-0.4, -0.2) is 41.9 Å². The quantitative estimate of drug-likeness (QED) is 0.126. The minimum atomic E-state index is -1.05. The Hall–Kier alpha value is -4.46. The highest BCUT2D eigenvalue weighted by atomic mass is 79.9. The van der Waals surface area contributed by atoms with E-state index in [0.717, 1.165) is 6.07 Å². The van der Waals surface area contributed by atoms with Crippen LogP contribution in [0.5, 0.6) is 11.5 Å². The van der Waals surface area contributed by atoms with Crippen molar-refractivity contribution in [3.05, 3.63) is 90.4 Å². The summed E-state index contributed by atoms with van der Waals surface area (Å²) in [5.41, 5.74) is -0.127. The summed E-state index contributed by atoms with van der Waals surface area (Å²) in [5.74, 6) is -2.07. The number of barbiturate groups is 1. The van der Waals surface area contributed by atoms with E-state index in [1.54, 1.807) is 13.0 Å². The molecule has 1 aliphatic heterocycles. The van der Waals surface area contributed by atoms with E-state index >= 15 is 0 Å². The third-order valence-corrected chi connectivity index (χ3v) is 6.92. The van der Waals surface area contributed by atoms with Gasteiger partial charge in [-0.25, -0.2) is 9.69 Å². The Bertz CT molecular complexity index is 1660. The minimum absolute atomic E-state index is 0.0934. The molecule has 0 unspecified atom stereocenters. The van der Waals surface area contributed by atoms with Gasteiger partial charge in [-0.3, -0.25) is 29.8 Å². The molecule has 42 heavy (non-hydrogen) atoms. The molecule has 0 bridgehead atoms. The van der Waals surface area contributed by atoms with Crippen LogP contribution in [0.1, 0.15) is 12.5 Å². The Morgan fingerprint density at radius 1 is 1.10 bits per heavy atom. The highest BCUT2D eigenvalue weighted by Gasteiger charge is 2.37. The highest BCUT2D eigenvalue weighted by molar-refractivity contribution is 9.10. The second-order valence-corrected chi connectivity index (χ2v) is 10.1. The molecule has 2 N–H and O–H groups in total. The van der Waals surface area contributed by atoms with Gasteiger partial charge in [-0.1, -0.05) is 29.3 Å². The molecular weight excluding hydrogens is 659 g/mol. The average molecular weight is 678 g/mol. The van der Waals surface area contributed by atoms with Gasteiger partial charge in [0.15, 0.2) is 18.1 Å². The second kappa shape index (κ2) is 13.0. The normalized spacial score (nSPS) is 14.0. The molecule has 15 heteroatoms. The fourth-order valence-corrected chi connectivity index (χ4v) is 4.66. The molecule has 1 saturated heterocycles. The number of non-ortho nitro benzene ring substituents is 1. The van der Waals surface area contributed by atoms with Gasteiger partial charge in [-0.15, -0.1) is 0 Å². The first-order valence-electron chi connectivity index (χ1n) is 12.0. The summed E-state index contributed by atoms with van der Waals surface area (Å²) in [6.07, 6.45) is 1.22. The Morgan fingerprint density at radius 2 is 1.86 bits per heavy atom. The number of nitrogens with one attached hydrogen (secondary N) is 2. The molecule has 1 heterocycles. The van der Waals surface area contributed by atoms with Gasteiger partial charge in [-0.05, 0) is 70.9 Å². The molecule has 0 saturated carbocycles. The molecule has 4 rings (SSSR count). The number of nitrogens with zero attached hydrogens (tertiary/aromatic N) is 2. The highest BCUT2D eigenvalue weighted by Crippen LogP contribution is 2.38. The van der Waals surface area contributed by atoms with E-state index in [1.807, 2.05) is 0 Å². The van der Waals surface area contributed by atoms with Crippen molar-refractivity contribution in [3.8, 4) is 11.5 Å². The first kappa shape index (κ1) is 30.5. The fourth-order valence-electron chi connectivity index (χ4n) is 3.79. The summed E-state index contributed by atoms with van der Waals surface area (Å²) in [4.78, 5) is 61.9. The molecular formula is C27H19BrCl2N4O8. The van der Waals surface area contributed by atoms with E-state index in [9.17, 15) is 29.3 Å². The molecule has 0 atom stereocenters. The number of imide groups is 2. The van der Waals surface area contributed by atoms with Crippen LogP contribution in [0.3, 0.4) is 0 Å². The molecule has 12 nitrogen and oxygen atoms in total. The van der Waals surface area contributed by atoms with Gasteiger partial charge < -0.3 is 14.8 Å². The topological polar surface area (TPSA) is 157 Å². The zero-order chi connectivity index (χ0) is 30.6. The van der Waals surface area contributed by atoms with Crippen molar-refractivity contribution in [1.82, 2.24) is 5.32 Å². The predicted octanol–water partition coefficient (Wildman–Crippen LogP) is 5.75. The van der Waals surface area contributed by atoms with Crippen LogP contribution in [0.15, 0.2) is 64.6 Å². The maximum atomic E-state index is 13.2. The first-order chi connectivity index (χ1) is 20.0. The second-order valence-electron chi connectivity index (χ2n) is 8.46. The predicted molar refractivity (Wildman–Crippen MR) is 158 cm³/mol. The van der Waals surface area contributed by atoms with Crippen molar-refractivity contribution < 1.29 is 33.6 Å². The van der Waals surface area contributed by atoms with E-state index in [0.29, 0.717) is 25.6 Å². The molecule has 3 aromatic carbocycles. The number of nitro groups is 1. The molecule has 0 aliphatic carbocycles. The van der Waals surface area contributed by atoms with Crippen molar-refractivity contribution in [2.24, 2.45) is 0 Å². The van der Waals surface area contributed by atoms with Crippen LogP contribution in [0.4, 0.5) is 21.9 Å². The van der Waals surface area contributed by atoms with E-state index in [-0.39, 0.29) is 34.5 Å². The Kier molecular flexibility index (Phi) is 9.45. The van der Waals surface area contributed by atoms with E-state index in [2.05, 4.69) is 26.6 Å². The number of hydrogen-bond acceptors (Lipinski definition) is 8. The maximum absolute atomic E-state index is 13.2. The number of carbonyl (C=O) groups excluding carboxylic acids is 4.